The van der Waals surface area contributed by atoms with Crippen LogP contribution in [0.2, 0.25) is 0 Å². The lowest BCUT2D eigenvalue weighted by atomic mass is 10.3. The summed E-state index contributed by atoms with van der Waals surface area (Å²) in [6.07, 6.45) is 1.53. The van der Waals surface area contributed by atoms with E-state index >= 15 is 0 Å². The first-order valence-electron chi connectivity index (χ1n) is 4.65. The van der Waals surface area contributed by atoms with E-state index in [0.717, 1.165) is 19.4 Å². The highest BCUT2D eigenvalue weighted by atomic mass is 16.3. The van der Waals surface area contributed by atoms with E-state index in [1.807, 2.05) is 0 Å². The fourth-order valence-corrected chi connectivity index (χ4v) is 1.84. The van der Waals surface area contributed by atoms with Gasteiger partial charge in [0.2, 0.25) is 5.91 Å². The number of carbonyl (C=O) groups excluding carboxylic acids is 1. The van der Waals surface area contributed by atoms with E-state index in [-0.39, 0.29) is 17.9 Å². The lowest BCUT2D eigenvalue weighted by Crippen LogP contribution is -2.31. The fourth-order valence-electron chi connectivity index (χ4n) is 1.84. The topological polar surface area (TPSA) is 40.5 Å². The van der Waals surface area contributed by atoms with Gasteiger partial charge < -0.3 is 10.0 Å². The van der Waals surface area contributed by atoms with Crippen LogP contribution in [-0.4, -0.2) is 35.1 Å². The highest BCUT2D eigenvalue weighted by molar-refractivity contribution is 5.81. The second kappa shape index (κ2) is 2.73. The first-order chi connectivity index (χ1) is 5.68. The van der Waals surface area contributed by atoms with E-state index in [9.17, 15) is 9.90 Å². The van der Waals surface area contributed by atoms with E-state index in [1.165, 1.54) is 0 Å². The number of amides is 1. The Morgan fingerprint density at radius 2 is 2.25 bits per heavy atom. The number of nitrogens with zero attached hydrogens (tertiary/aromatic N) is 1. The van der Waals surface area contributed by atoms with Gasteiger partial charge in [0.1, 0.15) is 0 Å². The van der Waals surface area contributed by atoms with E-state index in [2.05, 4.69) is 6.92 Å². The van der Waals surface area contributed by atoms with Gasteiger partial charge in [-0.25, -0.2) is 0 Å². The van der Waals surface area contributed by atoms with Crippen LogP contribution in [0.5, 0.6) is 0 Å². The third kappa shape index (κ3) is 1.33. The van der Waals surface area contributed by atoms with Gasteiger partial charge in [-0.05, 0) is 18.8 Å². The second-order valence-electron chi connectivity index (χ2n) is 4.05. The molecule has 68 valence electrons. The van der Waals surface area contributed by atoms with Crippen LogP contribution < -0.4 is 0 Å². The molecule has 3 heteroatoms. The van der Waals surface area contributed by atoms with Crippen LogP contribution in [-0.2, 0) is 4.79 Å². The summed E-state index contributed by atoms with van der Waals surface area (Å²) in [5.41, 5.74) is 0. The third-order valence-electron chi connectivity index (χ3n) is 2.90. The molecule has 0 bridgehead atoms. The number of likely N-dealkylation sites (tertiary alicyclic amines) is 1. The predicted octanol–water partition coefficient (Wildman–Crippen LogP) is 0.236. The zero-order chi connectivity index (χ0) is 8.72. The Kier molecular flexibility index (Phi) is 1.83. The normalized spacial score (nSPS) is 40.2. The van der Waals surface area contributed by atoms with Gasteiger partial charge in [-0.3, -0.25) is 4.79 Å². The Labute approximate surface area is 72.4 Å². The lowest BCUT2D eigenvalue weighted by molar-refractivity contribution is -0.132. The van der Waals surface area contributed by atoms with Crippen LogP contribution in [0.15, 0.2) is 0 Å². The molecule has 1 amide bonds. The molecular weight excluding hydrogens is 154 g/mol. The maximum atomic E-state index is 11.6. The summed E-state index contributed by atoms with van der Waals surface area (Å²) in [5, 5.41) is 9.22. The Balaban J connectivity index is 1.89. The molecule has 1 N–H and O–H groups in total. The summed E-state index contributed by atoms with van der Waals surface area (Å²) in [6, 6.07) is 0. The van der Waals surface area contributed by atoms with Crippen LogP contribution in [0.4, 0.5) is 0 Å². The summed E-state index contributed by atoms with van der Waals surface area (Å²) in [7, 11) is 0. The molecule has 1 heterocycles. The molecule has 0 aromatic carbocycles. The van der Waals surface area contributed by atoms with Crippen molar-refractivity contribution >= 4 is 5.91 Å². The largest absolute Gasteiger partial charge is 0.391 e. The number of carbonyl (C=O) groups is 1. The highest BCUT2D eigenvalue weighted by Crippen LogP contribution is 2.39. The molecule has 0 aromatic heterocycles. The quantitative estimate of drug-likeness (QED) is 0.610. The molecule has 1 aliphatic carbocycles. The smallest absolute Gasteiger partial charge is 0.226 e. The van der Waals surface area contributed by atoms with Gasteiger partial charge in [-0.1, -0.05) is 6.92 Å². The second-order valence-corrected chi connectivity index (χ2v) is 4.05. The molecule has 3 nitrogen and oxygen atoms in total. The average molecular weight is 169 g/mol. The van der Waals surface area contributed by atoms with Crippen molar-refractivity contribution in [3.8, 4) is 0 Å². The van der Waals surface area contributed by atoms with Crippen LogP contribution in [0.25, 0.3) is 0 Å². The van der Waals surface area contributed by atoms with Gasteiger partial charge >= 0.3 is 0 Å². The first-order valence-corrected chi connectivity index (χ1v) is 4.65. The number of aliphatic hydroxyl groups excluding tert-OH is 1. The van der Waals surface area contributed by atoms with Gasteiger partial charge in [0, 0.05) is 19.0 Å². The summed E-state index contributed by atoms with van der Waals surface area (Å²) >= 11 is 0. The van der Waals surface area contributed by atoms with Crippen molar-refractivity contribution in [2.24, 2.45) is 11.8 Å². The van der Waals surface area contributed by atoms with Gasteiger partial charge in [-0.2, -0.15) is 0 Å². The predicted molar refractivity (Wildman–Crippen MR) is 44.5 cm³/mol. The van der Waals surface area contributed by atoms with Gasteiger partial charge in [-0.15, -0.1) is 0 Å². The fraction of sp³-hybridized carbons (Fsp3) is 0.889. The zero-order valence-electron chi connectivity index (χ0n) is 7.36. The monoisotopic (exact) mass is 169 g/mol. The standard InChI is InChI=1S/C9H15NO2/c1-6-4-8(6)9(12)10-3-2-7(11)5-10/h6-8,11H,2-5H2,1H3. The Bertz CT molecular complexity index is 205. The van der Waals surface area contributed by atoms with Crippen LogP contribution in [0, 0.1) is 11.8 Å². The third-order valence-corrected chi connectivity index (χ3v) is 2.90. The van der Waals surface area contributed by atoms with Crippen molar-refractivity contribution in [1.82, 2.24) is 4.90 Å². The van der Waals surface area contributed by atoms with Gasteiger partial charge in [0.15, 0.2) is 0 Å². The molecule has 1 saturated carbocycles. The van der Waals surface area contributed by atoms with Crippen molar-refractivity contribution in [2.75, 3.05) is 13.1 Å². The van der Waals surface area contributed by atoms with E-state index in [1.54, 1.807) is 4.90 Å². The molecule has 0 aromatic rings. The number of hydrogen-bond acceptors (Lipinski definition) is 2. The van der Waals surface area contributed by atoms with Crippen molar-refractivity contribution in [1.29, 1.82) is 0 Å². The lowest BCUT2D eigenvalue weighted by Gasteiger charge is -2.14. The number of rotatable bonds is 1. The van der Waals surface area contributed by atoms with Gasteiger partial charge in [0.25, 0.3) is 0 Å². The maximum Gasteiger partial charge on any atom is 0.226 e. The van der Waals surface area contributed by atoms with E-state index in [0.29, 0.717) is 12.5 Å². The van der Waals surface area contributed by atoms with Crippen molar-refractivity contribution in [3.05, 3.63) is 0 Å². The maximum absolute atomic E-state index is 11.6. The zero-order valence-corrected chi connectivity index (χ0v) is 7.36. The molecule has 2 aliphatic rings. The van der Waals surface area contributed by atoms with Crippen molar-refractivity contribution in [2.45, 2.75) is 25.9 Å². The SMILES string of the molecule is CC1CC1C(=O)N1CCC(O)C1. The molecule has 0 radical (unpaired) electrons. The van der Waals surface area contributed by atoms with Crippen LogP contribution in [0.3, 0.4) is 0 Å². The van der Waals surface area contributed by atoms with Crippen molar-refractivity contribution in [3.63, 3.8) is 0 Å². The summed E-state index contributed by atoms with van der Waals surface area (Å²) in [5.74, 6) is 1.12. The number of aliphatic hydroxyl groups is 1. The number of β-amino-alcohol motifs (C(OH)–C–C–N with tert-alkyl or cyclic N) is 1. The molecule has 3 unspecified atom stereocenters. The summed E-state index contributed by atoms with van der Waals surface area (Å²) in [6.45, 7) is 3.42. The molecule has 12 heavy (non-hydrogen) atoms. The molecule has 1 aliphatic heterocycles. The highest BCUT2D eigenvalue weighted by Gasteiger charge is 2.42. The average Bonchev–Trinajstić information content (AvgIpc) is 2.58. The molecule has 2 rings (SSSR count). The summed E-state index contributed by atoms with van der Waals surface area (Å²) in [4.78, 5) is 13.4. The Morgan fingerprint density at radius 1 is 1.58 bits per heavy atom. The minimum atomic E-state index is -0.275. The molecule has 0 spiro atoms. The first kappa shape index (κ1) is 8.05. The summed E-state index contributed by atoms with van der Waals surface area (Å²) < 4.78 is 0. The van der Waals surface area contributed by atoms with Crippen molar-refractivity contribution < 1.29 is 9.90 Å². The molecule has 3 atom stereocenters. The van der Waals surface area contributed by atoms with Crippen LogP contribution >= 0.6 is 0 Å². The minimum absolute atomic E-state index is 0.263. The number of hydrogen-bond donors (Lipinski definition) is 1. The molecular formula is C9H15NO2. The van der Waals surface area contributed by atoms with E-state index < -0.39 is 0 Å². The Morgan fingerprint density at radius 3 is 2.67 bits per heavy atom. The van der Waals surface area contributed by atoms with Crippen LogP contribution in [0.1, 0.15) is 19.8 Å². The van der Waals surface area contributed by atoms with E-state index in [4.69, 9.17) is 0 Å². The molecule has 1 saturated heterocycles. The minimum Gasteiger partial charge on any atom is -0.391 e. The Hall–Kier alpha value is -0.570. The molecule has 2 fully saturated rings. The van der Waals surface area contributed by atoms with Gasteiger partial charge in [0.05, 0.1) is 6.10 Å².